The third-order valence-corrected chi connectivity index (χ3v) is 5.18. The Balaban J connectivity index is 0.00000145. The number of rotatable bonds is 6. The Hall–Kier alpha value is -2.40. The van der Waals surface area contributed by atoms with E-state index in [0.29, 0.717) is 25.3 Å². The summed E-state index contributed by atoms with van der Waals surface area (Å²) < 4.78 is 6.60. The van der Waals surface area contributed by atoms with Crippen molar-refractivity contribution in [3.05, 3.63) is 75.5 Å². The van der Waals surface area contributed by atoms with Crippen molar-refractivity contribution in [2.24, 2.45) is 0 Å². The monoisotopic (exact) mass is 456 g/mol. The Morgan fingerprint density at radius 3 is 2.14 bits per heavy atom. The Kier molecular flexibility index (Phi) is 8.65. The van der Waals surface area contributed by atoms with Gasteiger partial charge >= 0.3 is 0 Å². The van der Waals surface area contributed by atoms with E-state index in [9.17, 15) is 4.79 Å². The first-order valence-electron chi connectivity index (χ1n) is 10.1. The smallest absolute Gasteiger partial charge is 0.292 e. The van der Waals surface area contributed by atoms with Gasteiger partial charge in [-0.2, -0.15) is 0 Å². The van der Waals surface area contributed by atoms with E-state index in [1.54, 1.807) is 4.90 Å². The molecule has 0 atom stereocenters. The predicted molar refractivity (Wildman–Crippen MR) is 122 cm³/mol. The largest absolute Gasteiger partial charge is 0.350 e. The van der Waals surface area contributed by atoms with Crippen LogP contribution in [0.25, 0.3) is 11.3 Å². The van der Waals surface area contributed by atoms with Gasteiger partial charge in [-0.25, -0.2) is 0 Å². The van der Waals surface area contributed by atoms with Crippen molar-refractivity contribution in [3.63, 3.8) is 0 Å². The van der Waals surface area contributed by atoms with Gasteiger partial charge < -0.3 is 9.42 Å². The van der Waals surface area contributed by atoms with Crippen LogP contribution in [0.4, 0.5) is 0 Å². The van der Waals surface area contributed by atoms with E-state index < -0.39 is 0 Å². The lowest BCUT2D eigenvalue weighted by atomic mass is 9.98. The first-order valence-corrected chi connectivity index (χ1v) is 10.9. The van der Waals surface area contributed by atoms with Crippen LogP contribution in [0.3, 0.4) is 0 Å². The average molecular weight is 457 g/mol. The maximum absolute atomic E-state index is 13.0. The number of hydrogen-bond acceptors (Lipinski definition) is 3. The van der Waals surface area contributed by atoms with E-state index in [1.165, 1.54) is 5.56 Å². The fourth-order valence-electron chi connectivity index (χ4n) is 3.04. The van der Waals surface area contributed by atoms with E-state index in [1.807, 2.05) is 83.1 Å². The van der Waals surface area contributed by atoms with Crippen molar-refractivity contribution in [2.45, 2.75) is 41.0 Å². The lowest BCUT2D eigenvalue weighted by Gasteiger charge is -2.17. The number of amides is 1. The molecule has 0 bridgehead atoms. The highest BCUT2D eigenvalue weighted by molar-refractivity contribution is 9.10. The van der Waals surface area contributed by atoms with Gasteiger partial charge in [0.2, 0.25) is 5.76 Å². The zero-order valence-electron chi connectivity index (χ0n) is 17.8. The second-order valence-electron chi connectivity index (χ2n) is 6.49. The molecule has 154 valence electrons. The molecule has 3 aromatic rings. The lowest BCUT2D eigenvalue weighted by molar-refractivity contribution is 0.0730. The first kappa shape index (κ1) is 22.9. The SMILES string of the molecule is CC.CCN(CC)C(=O)c1onc(-c2ccc(C)cc2)c1Cc1ccc(Br)cc1. The molecule has 1 aromatic heterocycles. The van der Waals surface area contributed by atoms with Crippen LogP contribution in [-0.2, 0) is 6.42 Å². The molecular weight excluding hydrogens is 428 g/mol. The van der Waals surface area contributed by atoms with Gasteiger partial charge in [-0.05, 0) is 38.5 Å². The summed E-state index contributed by atoms with van der Waals surface area (Å²) in [5, 5.41) is 4.27. The highest BCUT2D eigenvalue weighted by Gasteiger charge is 2.26. The van der Waals surface area contributed by atoms with Crippen LogP contribution in [-0.4, -0.2) is 29.1 Å². The zero-order chi connectivity index (χ0) is 21.4. The fourth-order valence-corrected chi connectivity index (χ4v) is 3.30. The summed E-state index contributed by atoms with van der Waals surface area (Å²) in [5.74, 6) is 0.218. The quantitative estimate of drug-likeness (QED) is 0.424. The van der Waals surface area contributed by atoms with Crippen LogP contribution < -0.4 is 0 Å². The molecule has 0 spiro atoms. The van der Waals surface area contributed by atoms with Crippen molar-refractivity contribution >= 4 is 21.8 Å². The van der Waals surface area contributed by atoms with E-state index in [-0.39, 0.29) is 5.91 Å². The Morgan fingerprint density at radius 1 is 1.00 bits per heavy atom. The maximum atomic E-state index is 13.0. The minimum Gasteiger partial charge on any atom is -0.350 e. The summed E-state index contributed by atoms with van der Waals surface area (Å²) in [6.07, 6.45) is 0.586. The number of hydrogen-bond donors (Lipinski definition) is 0. The molecule has 4 nitrogen and oxygen atoms in total. The highest BCUT2D eigenvalue weighted by atomic mass is 79.9. The summed E-state index contributed by atoms with van der Waals surface area (Å²) in [4.78, 5) is 14.7. The Bertz CT molecular complexity index is 911. The number of benzene rings is 2. The molecule has 0 radical (unpaired) electrons. The number of halogens is 1. The van der Waals surface area contributed by atoms with Crippen molar-refractivity contribution in [1.29, 1.82) is 0 Å². The van der Waals surface area contributed by atoms with Crippen molar-refractivity contribution < 1.29 is 9.32 Å². The van der Waals surface area contributed by atoms with E-state index in [0.717, 1.165) is 26.9 Å². The van der Waals surface area contributed by atoms with Gasteiger partial charge in [0, 0.05) is 35.1 Å². The Labute approximate surface area is 182 Å². The van der Waals surface area contributed by atoms with Gasteiger partial charge in [0.15, 0.2) is 0 Å². The third-order valence-electron chi connectivity index (χ3n) is 4.65. The van der Waals surface area contributed by atoms with Crippen LogP contribution in [0.5, 0.6) is 0 Å². The Morgan fingerprint density at radius 2 is 1.59 bits per heavy atom. The molecule has 1 amide bonds. The summed E-state index contributed by atoms with van der Waals surface area (Å²) in [5.41, 5.74) is 4.79. The van der Waals surface area contributed by atoms with Gasteiger partial charge in [0.25, 0.3) is 5.91 Å². The number of aromatic nitrogens is 1. The van der Waals surface area contributed by atoms with Gasteiger partial charge in [-0.1, -0.05) is 76.9 Å². The number of carbonyl (C=O) groups excluding carboxylic acids is 1. The van der Waals surface area contributed by atoms with Crippen LogP contribution in [0.15, 0.2) is 57.5 Å². The molecule has 3 rings (SSSR count). The van der Waals surface area contributed by atoms with Crippen LogP contribution in [0, 0.1) is 6.92 Å². The van der Waals surface area contributed by atoms with Crippen LogP contribution in [0.2, 0.25) is 0 Å². The molecule has 2 aromatic carbocycles. The molecule has 5 heteroatoms. The molecule has 0 N–H and O–H groups in total. The first-order chi connectivity index (χ1) is 14.0. The fraction of sp³-hybridized carbons (Fsp3) is 0.333. The molecule has 0 saturated carbocycles. The molecule has 0 fully saturated rings. The molecule has 0 aliphatic heterocycles. The molecule has 0 aliphatic carbocycles. The van der Waals surface area contributed by atoms with E-state index in [4.69, 9.17) is 4.52 Å². The standard InChI is InChI=1S/C22H23BrN2O2.C2H6/c1-4-25(5-2)22(26)21-19(14-16-8-12-18(23)13-9-16)20(24-27-21)17-10-6-15(3)7-11-17;1-2/h6-13H,4-5,14H2,1-3H3;1-2H3. The van der Waals surface area contributed by atoms with Gasteiger partial charge in [-0.3, -0.25) is 4.79 Å². The van der Waals surface area contributed by atoms with Crippen molar-refractivity contribution in [2.75, 3.05) is 13.1 Å². The average Bonchev–Trinajstić information content (AvgIpc) is 3.16. The summed E-state index contributed by atoms with van der Waals surface area (Å²) in [6, 6.07) is 16.2. The molecule has 29 heavy (non-hydrogen) atoms. The van der Waals surface area contributed by atoms with Crippen molar-refractivity contribution in [1.82, 2.24) is 10.1 Å². The van der Waals surface area contributed by atoms with Gasteiger partial charge in [0.05, 0.1) is 0 Å². The molecular formula is C24H29BrN2O2. The number of nitrogens with zero attached hydrogens (tertiary/aromatic N) is 2. The predicted octanol–water partition coefficient (Wildman–Crippen LogP) is 6.51. The number of aryl methyl sites for hydroxylation is 1. The lowest BCUT2D eigenvalue weighted by Crippen LogP contribution is -2.30. The topological polar surface area (TPSA) is 46.3 Å². The normalized spacial score (nSPS) is 10.3. The molecule has 0 unspecified atom stereocenters. The molecule has 0 aliphatic rings. The second kappa shape index (κ2) is 11.0. The highest BCUT2D eigenvalue weighted by Crippen LogP contribution is 2.29. The summed E-state index contributed by atoms with van der Waals surface area (Å²) >= 11 is 3.47. The summed E-state index contributed by atoms with van der Waals surface area (Å²) in [6.45, 7) is 11.2. The van der Waals surface area contributed by atoms with Crippen molar-refractivity contribution in [3.8, 4) is 11.3 Å². The van der Waals surface area contributed by atoms with Crippen LogP contribution >= 0.6 is 15.9 Å². The minimum absolute atomic E-state index is 0.113. The van der Waals surface area contributed by atoms with Gasteiger partial charge in [0.1, 0.15) is 5.69 Å². The maximum Gasteiger partial charge on any atom is 0.292 e. The van der Waals surface area contributed by atoms with E-state index >= 15 is 0 Å². The zero-order valence-corrected chi connectivity index (χ0v) is 19.4. The molecule has 0 saturated heterocycles. The third kappa shape index (κ3) is 5.57. The van der Waals surface area contributed by atoms with Gasteiger partial charge in [-0.15, -0.1) is 0 Å². The second-order valence-corrected chi connectivity index (χ2v) is 7.40. The summed E-state index contributed by atoms with van der Waals surface area (Å²) in [7, 11) is 0. The van der Waals surface area contributed by atoms with Crippen LogP contribution in [0.1, 0.15) is 54.9 Å². The molecule has 1 heterocycles. The minimum atomic E-state index is -0.113. The van der Waals surface area contributed by atoms with E-state index in [2.05, 4.69) is 21.1 Å². The number of carbonyl (C=O) groups is 1.